The van der Waals surface area contributed by atoms with E-state index in [-0.39, 0.29) is 22.4 Å². The Morgan fingerprint density at radius 3 is 2.42 bits per heavy atom. The van der Waals surface area contributed by atoms with Crippen LogP contribution in [0.3, 0.4) is 0 Å². The van der Waals surface area contributed by atoms with Crippen LogP contribution in [0.2, 0.25) is 0 Å². The highest BCUT2D eigenvalue weighted by Crippen LogP contribution is 2.31. The summed E-state index contributed by atoms with van der Waals surface area (Å²) in [6.45, 7) is 6.32. The van der Waals surface area contributed by atoms with E-state index in [4.69, 9.17) is 0 Å². The van der Waals surface area contributed by atoms with Gasteiger partial charge < -0.3 is 10.2 Å². The molecule has 0 spiro atoms. The van der Waals surface area contributed by atoms with Crippen molar-refractivity contribution in [1.82, 2.24) is 4.31 Å². The summed E-state index contributed by atoms with van der Waals surface area (Å²) in [5, 5.41) is 14.5. The molecule has 0 bridgehead atoms. The first-order valence-electron chi connectivity index (χ1n) is 8.92. The van der Waals surface area contributed by atoms with Gasteiger partial charge in [0, 0.05) is 19.2 Å². The molecule has 9 heteroatoms. The monoisotopic (exact) mass is 385 g/mol. The number of benzene rings is 1. The molecule has 0 aliphatic carbocycles. The average molecular weight is 386 g/mol. The molecule has 1 saturated heterocycles. The summed E-state index contributed by atoms with van der Waals surface area (Å²) in [6, 6.07) is 4.12. The van der Waals surface area contributed by atoms with Gasteiger partial charge in [0.15, 0.2) is 0 Å². The minimum Gasteiger partial charge on any atom is -0.374 e. The first-order valence-corrected chi connectivity index (χ1v) is 10.4. The number of nitro groups is 1. The molecule has 1 aromatic rings. The number of nitrogens with one attached hydrogen (secondary N) is 2. The Bertz CT molecular complexity index is 741. The fourth-order valence-electron chi connectivity index (χ4n) is 3.37. The van der Waals surface area contributed by atoms with E-state index in [1.807, 2.05) is 27.9 Å². The van der Waals surface area contributed by atoms with Crippen molar-refractivity contribution in [2.45, 2.75) is 25.2 Å². The van der Waals surface area contributed by atoms with Crippen molar-refractivity contribution in [3.05, 3.63) is 28.3 Å². The topological polar surface area (TPSA) is 97.0 Å². The van der Waals surface area contributed by atoms with Gasteiger partial charge in [-0.15, -0.1) is 0 Å². The van der Waals surface area contributed by atoms with Crippen LogP contribution in [0.25, 0.3) is 0 Å². The fraction of sp³-hybridized carbons (Fsp3) is 0.647. The lowest BCUT2D eigenvalue weighted by atomic mass is 9.94. The SMILES string of the molecule is C[C@@H]1C[C@H](C)CN(S(=O)(=O)c2ccc(NCC[NH+](C)C)c([N+](=O)[O-])c2)C1. The maximum absolute atomic E-state index is 12.9. The molecule has 1 aliphatic heterocycles. The summed E-state index contributed by atoms with van der Waals surface area (Å²) in [7, 11) is 0.247. The number of anilines is 1. The molecule has 26 heavy (non-hydrogen) atoms. The van der Waals surface area contributed by atoms with E-state index in [1.54, 1.807) is 0 Å². The normalized spacial score (nSPS) is 21.7. The van der Waals surface area contributed by atoms with Crippen LogP contribution in [0.1, 0.15) is 20.3 Å². The van der Waals surface area contributed by atoms with Crippen LogP contribution < -0.4 is 10.2 Å². The van der Waals surface area contributed by atoms with Crippen molar-refractivity contribution in [2.75, 3.05) is 45.6 Å². The van der Waals surface area contributed by atoms with E-state index >= 15 is 0 Å². The third-order valence-corrected chi connectivity index (χ3v) is 6.41. The van der Waals surface area contributed by atoms with Crippen molar-refractivity contribution in [3.63, 3.8) is 0 Å². The summed E-state index contributed by atoms with van der Waals surface area (Å²) in [4.78, 5) is 12.1. The van der Waals surface area contributed by atoms with Crippen molar-refractivity contribution in [2.24, 2.45) is 11.8 Å². The molecule has 1 fully saturated rings. The van der Waals surface area contributed by atoms with Crippen LogP contribution in [0.4, 0.5) is 11.4 Å². The van der Waals surface area contributed by atoms with Gasteiger partial charge >= 0.3 is 0 Å². The van der Waals surface area contributed by atoms with Crippen LogP contribution in [0.5, 0.6) is 0 Å². The molecular weight excluding hydrogens is 356 g/mol. The van der Waals surface area contributed by atoms with E-state index in [9.17, 15) is 18.5 Å². The summed E-state index contributed by atoms with van der Waals surface area (Å²) in [6.07, 6.45) is 0.989. The lowest BCUT2D eigenvalue weighted by Crippen LogP contribution is -3.06. The predicted octanol–water partition coefficient (Wildman–Crippen LogP) is 0.818. The fourth-order valence-corrected chi connectivity index (χ4v) is 5.07. The number of nitro benzene ring substituents is 1. The van der Waals surface area contributed by atoms with Gasteiger partial charge in [-0.1, -0.05) is 13.8 Å². The van der Waals surface area contributed by atoms with E-state index in [0.29, 0.717) is 25.3 Å². The zero-order valence-corrected chi connectivity index (χ0v) is 16.7. The second-order valence-electron chi connectivity index (χ2n) is 7.59. The first-order chi connectivity index (χ1) is 12.1. The standard InChI is InChI=1S/C17H28N4O4S/c1-13-9-14(2)12-20(11-13)26(24,25)15-5-6-16(17(10-15)21(22)23)18-7-8-19(3)4/h5-6,10,13-14,18H,7-9,11-12H2,1-4H3/p+1/t13-,14+. The minimum absolute atomic E-state index is 0.0192. The van der Waals surface area contributed by atoms with Gasteiger partial charge in [-0.25, -0.2) is 8.42 Å². The molecule has 0 amide bonds. The molecule has 2 N–H and O–H groups in total. The Kier molecular flexibility index (Phi) is 6.59. The second-order valence-corrected chi connectivity index (χ2v) is 9.53. The van der Waals surface area contributed by atoms with E-state index in [1.165, 1.54) is 27.4 Å². The molecule has 1 aliphatic rings. The lowest BCUT2D eigenvalue weighted by Gasteiger charge is -2.34. The van der Waals surface area contributed by atoms with Crippen molar-refractivity contribution < 1.29 is 18.2 Å². The number of nitrogens with zero attached hydrogens (tertiary/aromatic N) is 2. The Morgan fingerprint density at radius 1 is 1.27 bits per heavy atom. The molecular formula is C17H29N4O4S+. The lowest BCUT2D eigenvalue weighted by molar-refractivity contribution is -0.856. The van der Waals surface area contributed by atoms with Gasteiger partial charge in [-0.05, 0) is 30.4 Å². The smallest absolute Gasteiger partial charge is 0.293 e. The highest BCUT2D eigenvalue weighted by Gasteiger charge is 2.33. The van der Waals surface area contributed by atoms with E-state index in [0.717, 1.165) is 13.0 Å². The average Bonchev–Trinajstić information content (AvgIpc) is 2.53. The van der Waals surface area contributed by atoms with Crippen LogP contribution in [0.15, 0.2) is 23.1 Å². The number of quaternary nitrogens is 1. The number of hydrogen-bond donors (Lipinski definition) is 2. The molecule has 146 valence electrons. The minimum atomic E-state index is -3.74. The maximum atomic E-state index is 12.9. The van der Waals surface area contributed by atoms with Crippen LogP contribution in [-0.2, 0) is 10.0 Å². The Balaban J connectivity index is 2.28. The summed E-state index contributed by atoms with van der Waals surface area (Å²) < 4.78 is 27.3. The number of sulfonamides is 1. The summed E-state index contributed by atoms with van der Waals surface area (Å²) >= 11 is 0. The Morgan fingerprint density at radius 2 is 1.88 bits per heavy atom. The molecule has 1 heterocycles. The predicted molar refractivity (Wildman–Crippen MR) is 101 cm³/mol. The molecule has 2 atom stereocenters. The molecule has 1 aromatic carbocycles. The van der Waals surface area contributed by atoms with Gasteiger partial charge in [0.1, 0.15) is 5.69 Å². The van der Waals surface area contributed by atoms with Crippen LogP contribution in [0, 0.1) is 22.0 Å². The summed E-state index contributed by atoms with van der Waals surface area (Å²) in [5.74, 6) is 0.552. The van der Waals surface area contributed by atoms with Crippen molar-refractivity contribution in [3.8, 4) is 0 Å². The molecule has 2 rings (SSSR count). The molecule has 0 aromatic heterocycles. The van der Waals surface area contributed by atoms with E-state index < -0.39 is 14.9 Å². The van der Waals surface area contributed by atoms with Gasteiger partial charge in [-0.3, -0.25) is 10.1 Å². The van der Waals surface area contributed by atoms with Crippen LogP contribution >= 0.6 is 0 Å². The number of hydrogen-bond acceptors (Lipinski definition) is 5. The van der Waals surface area contributed by atoms with Gasteiger partial charge in [0.05, 0.1) is 37.0 Å². The third-order valence-electron chi connectivity index (χ3n) is 4.58. The highest BCUT2D eigenvalue weighted by molar-refractivity contribution is 7.89. The van der Waals surface area contributed by atoms with Crippen molar-refractivity contribution >= 4 is 21.4 Å². The maximum Gasteiger partial charge on any atom is 0.293 e. The largest absolute Gasteiger partial charge is 0.374 e. The number of likely N-dealkylation sites (N-methyl/N-ethyl adjacent to an activating group) is 1. The molecule has 0 saturated carbocycles. The van der Waals surface area contributed by atoms with Gasteiger partial charge in [-0.2, -0.15) is 4.31 Å². The van der Waals surface area contributed by atoms with Crippen LogP contribution in [-0.4, -0.2) is 57.9 Å². The first kappa shape index (κ1) is 20.6. The zero-order valence-electron chi connectivity index (χ0n) is 15.9. The summed E-state index contributed by atoms with van der Waals surface area (Å²) in [5.41, 5.74) is 0.133. The van der Waals surface area contributed by atoms with Gasteiger partial charge in [0.25, 0.3) is 5.69 Å². The van der Waals surface area contributed by atoms with Crippen molar-refractivity contribution in [1.29, 1.82) is 0 Å². The van der Waals surface area contributed by atoms with E-state index in [2.05, 4.69) is 5.32 Å². The molecule has 0 unspecified atom stereocenters. The third kappa shape index (κ3) is 4.93. The number of piperidine rings is 1. The Labute approximate surface area is 155 Å². The molecule has 0 radical (unpaired) electrons. The zero-order chi connectivity index (χ0) is 19.5. The van der Waals surface area contributed by atoms with Gasteiger partial charge in [0.2, 0.25) is 10.0 Å². The highest BCUT2D eigenvalue weighted by atomic mass is 32.2. The quantitative estimate of drug-likeness (QED) is 0.535. The second kappa shape index (κ2) is 8.32. The Hall–Kier alpha value is -1.71. The number of rotatable bonds is 7. The molecule has 8 nitrogen and oxygen atoms in total.